The number of aromatic hydroxyl groups is 1. The summed E-state index contributed by atoms with van der Waals surface area (Å²) in [7, 11) is 5.46. The molecule has 2 saturated heterocycles. The van der Waals surface area contributed by atoms with Crippen molar-refractivity contribution in [2.24, 2.45) is 12.5 Å². The zero-order chi connectivity index (χ0) is 25.1. The molecular weight excluding hydrogens is 449 g/mol. The second kappa shape index (κ2) is 8.08. The van der Waals surface area contributed by atoms with E-state index in [4.69, 9.17) is 0 Å². The summed E-state index contributed by atoms with van der Waals surface area (Å²) in [5, 5.41) is 19.3. The van der Waals surface area contributed by atoms with Crippen molar-refractivity contribution in [2.75, 3.05) is 25.5 Å². The van der Waals surface area contributed by atoms with Crippen LogP contribution in [0.3, 0.4) is 0 Å². The highest BCUT2D eigenvalue weighted by atomic mass is 19.1. The number of aryl methyl sites for hydroxylation is 1. The first-order valence-corrected chi connectivity index (χ1v) is 11.7. The molecule has 184 valence electrons. The fourth-order valence-corrected chi connectivity index (χ4v) is 5.69. The van der Waals surface area contributed by atoms with Gasteiger partial charge in [0, 0.05) is 37.2 Å². The molecule has 2 bridgehead atoms. The van der Waals surface area contributed by atoms with Gasteiger partial charge >= 0.3 is 5.69 Å². The van der Waals surface area contributed by atoms with E-state index in [1.54, 1.807) is 25.2 Å². The largest absolute Gasteiger partial charge is 0.507 e. The molecule has 6 rings (SSSR count). The smallest absolute Gasteiger partial charge is 0.350 e. The predicted octanol–water partition coefficient (Wildman–Crippen LogP) is 2.65. The van der Waals surface area contributed by atoms with Crippen molar-refractivity contribution in [3.63, 3.8) is 0 Å². The van der Waals surface area contributed by atoms with Gasteiger partial charge in [-0.2, -0.15) is 4.98 Å². The highest BCUT2D eigenvalue weighted by Gasteiger charge is 2.61. The Kier molecular flexibility index (Phi) is 5.39. The first-order valence-electron chi connectivity index (χ1n) is 11.7. The molecule has 3 aliphatic rings. The van der Waals surface area contributed by atoms with Gasteiger partial charge in [0.1, 0.15) is 18.2 Å². The number of phenolic OH excluding ortho intramolecular Hbond substituents is 1. The molecule has 1 N–H and O–H groups in total. The summed E-state index contributed by atoms with van der Waals surface area (Å²) >= 11 is 0. The lowest BCUT2D eigenvalue weighted by Gasteiger charge is -2.63. The van der Waals surface area contributed by atoms with E-state index in [2.05, 4.69) is 32.0 Å². The lowest BCUT2D eigenvalue weighted by Crippen LogP contribution is -2.74. The first kappa shape index (κ1) is 23.3. The van der Waals surface area contributed by atoms with Crippen LogP contribution in [0.5, 0.6) is 5.75 Å². The number of hydrogen-bond donors (Lipinski definition) is 1. The first-order chi connectivity index (χ1) is 16.5. The minimum Gasteiger partial charge on any atom is -0.507 e. The molecule has 1 saturated carbocycles. The molecule has 4 heterocycles. The molecule has 1 aliphatic carbocycles. The number of rotatable bonds is 4. The second-order valence-electron chi connectivity index (χ2n) is 10.4. The normalized spacial score (nSPS) is 28.3. The molecule has 35 heavy (non-hydrogen) atoms. The predicted molar refractivity (Wildman–Crippen MR) is 131 cm³/mol. The van der Waals surface area contributed by atoms with Gasteiger partial charge in [-0.25, -0.2) is 14.2 Å². The van der Waals surface area contributed by atoms with Crippen LogP contribution in [0.2, 0.25) is 0 Å². The van der Waals surface area contributed by atoms with Crippen molar-refractivity contribution in [2.45, 2.75) is 44.4 Å². The van der Waals surface area contributed by atoms with Crippen molar-refractivity contribution in [1.29, 1.82) is 0 Å². The number of halogens is 1. The van der Waals surface area contributed by atoms with E-state index in [-0.39, 0.29) is 23.0 Å². The monoisotopic (exact) mass is 479 g/mol. The van der Waals surface area contributed by atoms with Crippen molar-refractivity contribution in [3.05, 3.63) is 47.1 Å². The number of benzene rings is 1. The summed E-state index contributed by atoms with van der Waals surface area (Å²) in [6.45, 7) is 5.00. The molecule has 0 radical (unpaired) electrons. The summed E-state index contributed by atoms with van der Waals surface area (Å²) in [6, 6.07) is 8.18. The molecule has 3 fully saturated rings. The molecule has 0 amide bonds. The SMILES string of the molecule is CN(c1ccc(-c2ccc(-c3ncn(C)c(=O)n3)cc2O)nn1)[C@@H]1[C@H](F)[C@@]2(C)CC[C@]1(C)CN2C. The molecule has 0 unspecified atom stereocenters. The molecule has 3 aromatic rings. The van der Waals surface area contributed by atoms with Gasteiger partial charge in [0.25, 0.3) is 0 Å². The number of fused-ring (bicyclic) bond motifs is 3. The van der Waals surface area contributed by atoms with Gasteiger partial charge in [0.05, 0.1) is 17.3 Å². The minimum absolute atomic E-state index is 0.0286. The maximum absolute atomic E-state index is 15.8. The quantitative estimate of drug-likeness (QED) is 0.610. The van der Waals surface area contributed by atoms with Gasteiger partial charge in [0.2, 0.25) is 0 Å². The summed E-state index contributed by atoms with van der Waals surface area (Å²) in [5.74, 6) is 0.790. The third-order valence-corrected chi connectivity index (χ3v) is 8.08. The third-order valence-electron chi connectivity index (χ3n) is 8.08. The average Bonchev–Trinajstić information content (AvgIpc) is 2.83. The molecule has 4 atom stereocenters. The Balaban J connectivity index is 1.40. The topological polar surface area (TPSA) is 100 Å². The van der Waals surface area contributed by atoms with Gasteiger partial charge in [-0.3, -0.25) is 9.47 Å². The van der Waals surface area contributed by atoms with Crippen LogP contribution in [0.1, 0.15) is 26.7 Å². The maximum atomic E-state index is 15.8. The van der Waals surface area contributed by atoms with E-state index in [0.717, 1.165) is 19.4 Å². The zero-order valence-electron chi connectivity index (χ0n) is 20.6. The Morgan fingerprint density at radius 3 is 2.54 bits per heavy atom. The van der Waals surface area contributed by atoms with Gasteiger partial charge in [-0.1, -0.05) is 13.0 Å². The van der Waals surface area contributed by atoms with Gasteiger partial charge in [-0.05, 0) is 51.1 Å². The van der Waals surface area contributed by atoms with Crippen LogP contribution in [0.25, 0.3) is 22.6 Å². The van der Waals surface area contributed by atoms with Crippen molar-refractivity contribution < 1.29 is 9.50 Å². The summed E-state index contributed by atoms with van der Waals surface area (Å²) < 4.78 is 17.1. The molecule has 1 aromatic carbocycles. The molecule has 9 nitrogen and oxygen atoms in total. The summed E-state index contributed by atoms with van der Waals surface area (Å²) in [6.07, 6.45) is 2.18. The van der Waals surface area contributed by atoms with E-state index < -0.39 is 17.4 Å². The number of phenols is 1. The lowest BCUT2D eigenvalue weighted by molar-refractivity contribution is -0.123. The number of aromatic nitrogens is 5. The Bertz CT molecular complexity index is 1330. The van der Waals surface area contributed by atoms with Crippen LogP contribution in [0.4, 0.5) is 10.2 Å². The Hall–Kier alpha value is -3.40. The number of nitrogens with zero attached hydrogens (tertiary/aromatic N) is 7. The average molecular weight is 480 g/mol. The lowest BCUT2D eigenvalue weighted by atomic mass is 9.59. The molecule has 2 aromatic heterocycles. The van der Waals surface area contributed by atoms with Crippen molar-refractivity contribution >= 4 is 5.82 Å². The number of piperidine rings is 2. The van der Waals surface area contributed by atoms with Crippen molar-refractivity contribution in [3.8, 4) is 28.4 Å². The van der Waals surface area contributed by atoms with Crippen LogP contribution in [0.15, 0.2) is 41.5 Å². The summed E-state index contributed by atoms with van der Waals surface area (Å²) in [5.41, 5.74) is 0.387. The third kappa shape index (κ3) is 3.67. The molecule has 2 aliphatic heterocycles. The van der Waals surface area contributed by atoms with E-state index >= 15 is 4.39 Å². The maximum Gasteiger partial charge on any atom is 0.350 e. The van der Waals surface area contributed by atoms with Gasteiger partial charge in [-0.15, -0.1) is 10.2 Å². The molecule has 0 spiro atoms. The van der Waals surface area contributed by atoms with E-state index in [1.165, 1.54) is 17.0 Å². The number of alkyl halides is 1. The Labute approximate surface area is 203 Å². The fraction of sp³-hybridized carbons (Fsp3) is 0.480. The van der Waals surface area contributed by atoms with E-state index in [0.29, 0.717) is 22.6 Å². The van der Waals surface area contributed by atoms with Crippen LogP contribution in [-0.2, 0) is 7.05 Å². The van der Waals surface area contributed by atoms with E-state index in [9.17, 15) is 9.90 Å². The highest BCUT2D eigenvalue weighted by molar-refractivity contribution is 5.72. The fourth-order valence-electron chi connectivity index (χ4n) is 5.69. The van der Waals surface area contributed by atoms with Crippen LogP contribution >= 0.6 is 0 Å². The summed E-state index contributed by atoms with van der Waals surface area (Å²) in [4.78, 5) is 23.9. The Morgan fingerprint density at radius 2 is 1.91 bits per heavy atom. The minimum atomic E-state index is -1.01. The standard InChI is InChI=1S/C25H30FN7O2/c1-24-10-11-25(2,32(4)13-24)20(26)21(24)33(5)19-9-8-17(29-30-19)16-7-6-15(12-18(16)34)22-27-14-31(3)23(35)28-22/h6-9,12,14,20-21,34H,10-11,13H2,1-5H3/t20-,21+,24+,25+/m0/s1. The highest BCUT2D eigenvalue weighted by Crippen LogP contribution is 2.52. The van der Waals surface area contributed by atoms with Crippen molar-refractivity contribution in [1.82, 2.24) is 29.6 Å². The number of anilines is 1. The zero-order valence-corrected chi connectivity index (χ0v) is 20.6. The molecular formula is C25H30FN7O2. The number of hydrogen-bond acceptors (Lipinski definition) is 8. The molecule has 10 heteroatoms. The van der Waals surface area contributed by atoms with Gasteiger partial charge in [0.15, 0.2) is 11.6 Å². The van der Waals surface area contributed by atoms with Crippen LogP contribution in [0, 0.1) is 5.41 Å². The van der Waals surface area contributed by atoms with E-state index in [1.807, 2.05) is 32.0 Å². The second-order valence-corrected chi connectivity index (χ2v) is 10.4. The van der Waals surface area contributed by atoms with Gasteiger partial charge < -0.3 is 10.0 Å². The van der Waals surface area contributed by atoms with Crippen LogP contribution < -0.4 is 10.6 Å². The Morgan fingerprint density at radius 1 is 1.14 bits per heavy atom. The van der Waals surface area contributed by atoms with Crippen LogP contribution in [-0.4, -0.2) is 73.1 Å².